The molecule has 1 aliphatic carbocycles. The monoisotopic (exact) mass is 402 g/mol. The normalized spacial score (nSPS) is 17.7. The van der Waals surface area contributed by atoms with Gasteiger partial charge in [-0.3, -0.25) is 9.78 Å². The third-order valence-electron chi connectivity index (χ3n) is 4.94. The molecule has 0 saturated carbocycles. The van der Waals surface area contributed by atoms with Gasteiger partial charge in [0, 0.05) is 29.1 Å². The maximum absolute atomic E-state index is 12.9. The van der Waals surface area contributed by atoms with E-state index in [1.807, 2.05) is 18.2 Å². The lowest BCUT2D eigenvalue weighted by atomic mass is 9.85. The number of carbonyl (C=O) groups is 1. The van der Waals surface area contributed by atoms with Crippen LogP contribution in [-0.4, -0.2) is 29.8 Å². The zero-order chi connectivity index (χ0) is 21.0. The summed E-state index contributed by atoms with van der Waals surface area (Å²) in [6.07, 6.45) is 1.72. The Hall–Kier alpha value is -3.16. The largest absolute Gasteiger partial charge is 0.401 e. The van der Waals surface area contributed by atoms with Crippen molar-refractivity contribution in [2.45, 2.75) is 25.4 Å². The van der Waals surface area contributed by atoms with E-state index in [4.69, 9.17) is 11.1 Å². The SMILES string of the molecule is N=C/C=C(\N)CNC(=O)c1cnc2c(C3=CCC(C(F)(F)F)CC3)cccc2c1. The first kappa shape index (κ1) is 20.6. The Morgan fingerprint density at radius 1 is 1.38 bits per heavy atom. The molecule has 1 atom stereocenters. The zero-order valence-electron chi connectivity index (χ0n) is 15.6. The van der Waals surface area contributed by atoms with Crippen molar-refractivity contribution < 1.29 is 18.0 Å². The van der Waals surface area contributed by atoms with Crippen molar-refractivity contribution in [3.05, 3.63) is 59.4 Å². The summed E-state index contributed by atoms with van der Waals surface area (Å²) in [5.41, 5.74) is 8.66. The number of para-hydroxylation sites is 1. The number of pyridine rings is 1. The number of carbonyl (C=O) groups excluding carboxylic acids is 1. The maximum Gasteiger partial charge on any atom is 0.392 e. The highest BCUT2D eigenvalue weighted by molar-refractivity contribution is 5.99. The third kappa shape index (κ3) is 4.82. The van der Waals surface area contributed by atoms with Gasteiger partial charge < -0.3 is 16.5 Å². The van der Waals surface area contributed by atoms with Crippen LogP contribution in [0.25, 0.3) is 16.5 Å². The summed E-state index contributed by atoms with van der Waals surface area (Å²) in [5.74, 6) is -1.64. The molecule has 1 unspecified atom stereocenters. The van der Waals surface area contributed by atoms with E-state index in [-0.39, 0.29) is 25.3 Å². The van der Waals surface area contributed by atoms with Gasteiger partial charge >= 0.3 is 6.18 Å². The minimum atomic E-state index is -4.17. The van der Waals surface area contributed by atoms with Gasteiger partial charge in [0.25, 0.3) is 5.91 Å². The molecule has 1 heterocycles. The molecule has 5 nitrogen and oxygen atoms in total. The quantitative estimate of drug-likeness (QED) is 0.655. The van der Waals surface area contributed by atoms with Crippen molar-refractivity contribution in [1.29, 1.82) is 5.41 Å². The van der Waals surface area contributed by atoms with Crippen LogP contribution in [-0.2, 0) is 0 Å². The first-order valence-electron chi connectivity index (χ1n) is 9.18. The van der Waals surface area contributed by atoms with Crippen LogP contribution in [0.4, 0.5) is 13.2 Å². The number of alkyl halides is 3. The number of fused-ring (bicyclic) bond motifs is 1. The van der Waals surface area contributed by atoms with Crippen LogP contribution in [0.15, 0.2) is 48.3 Å². The molecule has 1 aromatic heterocycles. The molecule has 1 aliphatic rings. The van der Waals surface area contributed by atoms with Crippen LogP contribution in [0.2, 0.25) is 0 Å². The third-order valence-corrected chi connectivity index (χ3v) is 4.94. The van der Waals surface area contributed by atoms with Gasteiger partial charge in [-0.1, -0.05) is 24.3 Å². The Morgan fingerprint density at radius 2 is 2.17 bits per heavy atom. The second-order valence-corrected chi connectivity index (χ2v) is 6.93. The summed E-state index contributed by atoms with van der Waals surface area (Å²) >= 11 is 0. The summed E-state index contributed by atoms with van der Waals surface area (Å²) in [7, 11) is 0. The number of benzene rings is 1. The number of rotatable bonds is 5. The summed E-state index contributed by atoms with van der Waals surface area (Å²) in [6, 6.07) is 7.16. The maximum atomic E-state index is 12.9. The van der Waals surface area contributed by atoms with E-state index in [1.165, 1.54) is 12.3 Å². The van der Waals surface area contributed by atoms with Gasteiger partial charge in [0.2, 0.25) is 0 Å². The van der Waals surface area contributed by atoms with Crippen LogP contribution in [0.1, 0.15) is 35.2 Å². The van der Waals surface area contributed by atoms with E-state index in [0.717, 1.165) is 22.7 Å². The van der Waals surface area contributed by atoms with Crippen molar-refractivity contribution in [1.82, 2.24) is 10.3 Å². The minimum absolute atomic E-state index is 0.0274. The Bertz CT molecular complexity index is 995. The van der Waals surface area contributed by atoms with Gasteiger partial charge in [-0.2, -0.15) is 13.2 Å². The first-order chi connectivity index (χ1) is 13.8. The molecule has 8 heteroatoms. The first-order valence-corrected chi connectivity index (χ1v) is 9.18. The molecule has 0 aliphatic heterocycles. The molecular formula is C21H21F3N4O. The second kappa shape index (κ2) is 8.46. The van der Waals surface area contributed by atoms with E-state index >= 15 is 0 Å². The molecule has 0 bridgehead atoms. The number of allylic oxidation sites excluding steroid dienone is 3. The predicted octanol–water partition coefficient (Wildman–Crippen LogP) is 4.20. The lowest BCUT2D eigenvalue weighted by molar-refractivity contribution is -0.175. The zero-order valence-corrected chi connectivity index (χ0v) is 15.6. The van der Waals surface area contributed by atoms with Gasteiger partial charge in [-0.05, 0) is 37.0 Å². The van der Waals surface area contributed by atoms with Gasteiger partial charge in [0.1, 0.15) is 0 Å². The van der Waals surface area contributed by atoms with Crippen LogP contribution in [0.3, 0.4) is 0 Å². The standard InChI is InChI=1S/C21H21F3N4O/c22-21(23,24)16-6-4-13(5-7-16)18-3-1-2-14-10-15(11-27-19(14)18)20(29)28-12-17(26)8-9-25/h1-4,8-11,16,25H,5-7,12,26H2,(H,28,29)/b17-8-,25-9?. The fourth-order valence-corrected chi connectivity index (χ4v) is 3.37. The van der Waals surface area contributed by atoms with Crippen LogP contribution in [0.5, 0.6) is 0 Å². The topological polar surface area (TPSA) is 91.9 Å². The van der Waals surface area contributed by atoms with Crippen LogP contribution >= 0.6 is 0 Å². The van der Waals surface area contributed by atoms with Crippen molar-refractivity contribution in [3.8, 4) is 0 Å². The molecule has 3 rings (SSSR count). The number of hydrogen-bond donors (Lipinski definition) is 3. The molecular weight excluding hydrogens is 381 g/mol. The van der Waals surface area contributed by atoms with Crippen molar-refractivity contribution in [2.75, 3.05) is 6.54 Å². The van der Waals surface area contributed by atoms with E-state index in [0.29, 0.717) is 23.2 Å². The fourth-order valence-electron chi connectivity index (χ4n) is 3.37. The molecule has 1 amide bonds. The summed E-state index contributed by atoms with van der Waals surface area (Å²) in [4.78, 5) is 16.7. The van der Waals surface area contributed by atoms with E-state index in [9.17, 15) is 18.0 Å². The Morgan fingerprint density at radius 3 is 2.83 bits per heavy atom. The molecule has 0 spiro atoms. The number of nitrogens with one attached hydrogen (secondary N) is 2. The molecule has 4 N–H and O–H groups in total. The Labute approximate surface area is 166 Å². The highest BCUT2D eigenvalue weighted by atomic mass is 19.4. The van der Waals surface area contributed by atoms with Gasteiger partial charge in [-0.25, -0.2) is 0 Å². The van der Waals surface area contributed by atoms with Gasteiger partial charge in [0.15, 0.2) is 0 Å². The fraction of sp³-hybridized carbons (Fsp3) is 0.286. The Kier molecular flexibility index (Phi) is 6.00. The molecule has 2 aromatic rings. The summed E-state index contributed by atoms with van der Waals surface area (Å²) in [5, 5.41) is 10.3. The molecule has 1 aromatic carbocycles. The second-order valence-electron chi connectivity index (χ2n) is 6.93. The molecule has 29 heavy (non-hydrogen) atoms. The number of halogens is 3. The average Bonchev–Trinajstić information content (AvgIpc) is 2.71. The summed E-state index contributed by atoms with van der Waals surface area (Å²) in [6.45, 7) is 0.111. The van der Waals surface area contributed by atoms with E-state index in [2.05, 4.69) is 10.3 Å². The number of hydrogen-bond acceptors (Lipinski definition) is 4. The predicted molar refractivity (Wildman–Crippen MR) is 107 cm³/mol. The highest BCUT2D eigenvalue weighted by Crippen LogP contribution is 2.40. The average molecular weight is 402 g/mol. The van der Waals surface area contributed by atoms with Crippen LogP contribution < -0.4 is 11.1 Å². The lowest BCUT2D eigenvalue weighted by Crippen LogP contribution is -2.28. The molecule has 0 radical (unpaired) electrons. The Balaban J connectivity index is 1.82. The van der Waals surface area contributed by atoms with Crippen molar-refractivity contribution in [3.63, 3.8) is 0 Å². The van der Waals surface area contributed by atoms with Crippen molar-refractivity contribution >= 4 is 28.6 Å². The van der Waals surface area contributed by atoms with Crippen LogP contribution in [0, 0.1) is 11.3 Å². The number of nitrogens with two attached hydrogens (primary N) is 1. The van der Waals surface area contributed by atoms with Crippen molar-refractivity contribution in [2.24, 2.45) is 11.7 Å². The molecule has 0 saturated heterocycles. The lowest BCUT2D eigenvalue weighted by Gasteiger charge is -2.24. The summed E-state index contributed by atoms with van der Waals surface area (Å²) < 4.78 is 38.7. The number of nitrogens with zero attached hydrogens (tertiary/aromatic N) is 1. The van der Waals surface area contributed by atoms with Gasteiger partial charge in [0.05, 0.1) is 23.5 Å². The molecule has 152 valence electrons. The minimum Gasteiger partial charge on any atom is -0.401 e. The van der Waals surface area contributed by atoms with E-state index in [1.54, 1.807) is 12.1 Å². The van der Waals surface area contributed by atoms with Gasteiger partial charge in [-0.15, -0.1) is 0 Å². The number of amides is 1. The van der Waals surface area contributed by atoms with E-state index < -0.39 is 12.1 Å². The molecule has 0 fully saturated rings. The smallest absolute Gasteiger partial charge is 0.392 e. The number of aromatic nitrogens is 1. The highest BCUT2D eigenvalue weighted by Gasteiger charge is 2.39.